The summed E-state index contributed by atoms with van der Waals surface area (Å²) in [5, 5.41) is 15.8. The molecule has 16 heavy (non-hydrogen) atoms. The predicted molar refractivity (Wildman–Crippen MR) is 65.7 cm³/mol. The molecule has 1 aliphatic carbocycles. The summed E-state index contributed by atoms with van der Waals surface area (Å²) in [4.78, 5) is 4.24. The highest BCUT2D eigenvalue weighted by Gasteiger charge is 2.41. The van der Waals surface area contributed by atoms with Crippen molar-refractivity contribution in [3.05, 3.63) is 18.3 Å². The molecule has 3 N–H and O–H groups in total. The van der Waals surface area contributed by atoms with E-state index in [1.165, 1.54) is 0 Å². The van der Waals surface area contributed by atoms with Gasteiger partial charge < -0.3 is 15.7 Å². The molecule has 0 radical (unpaired) electrons. The van der Waals surface area contributed by atoms with Crippen LogP contribution in [0, 0.1) is 0 Å². The van der Waals surface area contributed by atoms with E-state index in [0.29, 0.717) is 0 Å². The van der Waals surface area contributed by atoms with Crippen molar-refractivity contribution in [3.8, 4) is 0 Å². The Balaban J connectivity index is 1.99. The molecule has 0 atom stereocenters. The van der Waals surface area contributed by atoms with Crippen LogP contribution in [0.2, 0.25) is 0 Å². The lowest BCUT2D eigenvalue weighted by Crippen LogP contribution is -2.25. The molecular weight excluding hydrogens is 202 g/mol. The molecule has 0 aliphatic heterocycles. The fourth-order valence-corrected chi connectivity index (χ4v) is 1.64. The van der Waals surface area contributed by atoms with Crippen LogP contribution in [0.1, 0.15) is 26.2 Å². The highest BCUT2D eigenvalue weighted by atomic mass is 16.3. The van der Waals surface area contributed by atoms with Crippen molar-refractivity contribution in [1.82, 2.24) is 4.98 Å². The first-order chi connectivity index (χ1) is 7.78. The zero-order valence-corrected chi connectivity index (χ0v) is 9.66. The Morgan fingerprint density at radius 1 is 1.50 bits per heavy atom. The minimum atomic E-state index is -0.0661. The van der Waals surface area contributed by atoms with Gasteiger partial charge in [-0.15, -0.1) is 0 Å². The van der Waals surface area contributed by atoms with Crippen LogP contribution in [0.15, 0.2) is 18.3 Å². The van der Waals surface area contributed by atoms with Gasteiger partial charge in [-0.25, -0.2) is 4.98 Å². The SMILES string of the molecule is CCCNc1cc(NC2(CO)CC2)ccn1. The van der Waals surface area contributed by atoms with Gasteiger partial charge in [0.25, 0.3) is 0 Å². The maximum Gasteiger partial charge on any atom is 0.127 e. The maximum atomic E-state index is 9.23. The third kappa shape index (κ3) is 2.64. The second-order valence-electron chi connectivity index (χ2n) is 4.42. The van der Waals surface area contributed by atoms with E-state index in [2.05, 4.69) is 22.5 Å². The molecule has 1 aliphatic rings. The number of hydrogen-bond donors (Lipinski definition) is 3. The molecular formula is C12H19N3O. The molecule has 1 aromatic rings. The zero-order chi connectivity index (χ0) is 11.4. The van der Waals surface area contributed by atoms with Crippen LogP contribution >= 0.6 is 0 Å². The number of nitrogens with zero attached hydrogens (tertiary/aromatic N) is 1. The molecule has 0 amide bonds. The van der Waals surface area contributed by atoms with Crippen molar-refractivity contribution in [2.24, 2.45) is 0 Å². The first-order valence-electron chi connectivity index (χ1n) is 5.87. The van der Waals surface area contributed by atoms with Gasteiger partial charge in [-0.2, -0.15) is 0 Å². The molecule has 88 valence electrons. The average molecular weight is 221 g/mol. The van der Waals surface area contributed by atoms with Gasteiger partial charge in [-0.05, 0) is 25.3 Å². The van der Waals surface area contributed by atoms with Crippen LogP contribution < -0.4 is 10.6 Å². The normalized spacial score (nSPS) is 16.9. The van der Waals surface area contributed by atoms with Crippen molar-refractivity contribution < 1.29 is 5.11 Å². The Hall–Kier alpha value is -1.29. The molecule has 4 heteroatoms. The lowest BCUT2D eigenvalue weighted by atomic mass is 10.2. The van der Waals surface area contributed by atoms with Crippen LogP contribution in [0.5, 0.6) is 0 Å². The first kappa shape index (κ1) is 11.2. The number of anilines is 2. The van der Waals surface area contributed by atoms with Gasteiger partial charge >= 0.3 is 0 Å². The van der Waals surface area contributed by atoms with Gasteiger partial charge in [0.2, 0.25) is 0 Å². The third-order valence-electron chi connectivity index (χ3n) is 2.88. The summed E-state index contributed by atoms with van der Waals surface area (Å²) in [5.41, 5.74) is 0.962. The van der Waals surface area contributed by atoms with Crippen LogP contribution in [0.3, 0.4) is 0 Å². The molecule has 1 aromatic heterocycles. The van der Waals surface area contributed by atoms with Gasteiger partial charge in [0.15, 0.2) is 0 Å². The number of pyridine rings is 1. The monoisotopic (exact) mass is 221 g/mol. The number of nitrogens with one attached hydrogen (secondary N) is 2. The Morgan fingerprint density at radius 2 is 2.31 bits per heavy atom. The van der Waals surface area contributed by atoms with Gasteiger partial charge in [0, 0.05) is 24.5 Å². The van der Waals surface area contributed by atoms with E-state index in [0.717, 1.165) is 37.3 Å². The van der Waals surface area contributed by atoms with Crippen LogP contribution in [0.4, 0.5) is 11.5 Å². The van der Waals surface area contributed by atoms with E-state index in [1.807, 2.05) is 12.1 Å². The second-order valence-corrected chi connectivity index (χ2v) is 4.42. The van der Waals surface area contributed by atoms with Gasteiger partial charge in [0.1, 0.15) is 5.82 Å². The van der Waals surface area contributed by atoms with Gasteiger partial charge in [-0.3, -0.25) is 0 Å². The minimum Gasteiger partial charge on any atom is -0.394 e. The topological polar surface area (TPSA) is 57.2 Å². The van der Waals surface area contributed by atoms with E-state index in [4.69, 9.17) is 0 Å². The molecule has 1 fully saturated rings. The third-order valence-corrected chi connectivity index (χ3v) is 2.88. The lowest BCUT2D eigenvalue weighted by Gasteiger charge is -2.16. The van der Waals surface area contributed by atoms with E-state index >= 15 is 0 Å². The van der Waals surface area contributed by atoms with Crippen molar-refractivity contribution in [3.63, 3.8) is 0 Å². The number of aliphatic hydroxyl groups is 1. The van der Waals surface area contributed by atoms with Crippen molar-refractivity contribution >= 4 is 11.5 Å². The standard InChI is InChI=1S/C12H19N3O/c1-2-6-13-11-8-10(3-7-14-11)15-12(9-16)4-5-12/h3,7-8,16H,2,4-6,9H2,1H3,(H2,13,14,15). The Morgan fingerprint density at radius 3 is 2.94 bits per heavy atom. The molecule has 2 rings (SSSR count). The van der Waals surface area contributed by atoms with E-state index in [-0.39, 0.29) is 12.1 Å². The molecule has 0 unspecified atom stereocenters. The highest BCUT2D eigenvalue weighted by Crippen LogP contribution is 2.38. The summed E-state index contributed by atoms with van der Waals surface area (Å²) in [7, 11) is 0. The lowest BCUT2D eigenvalue weighted by molar-refractivity contribution is 0.266. The summed E-state index contributed by atoms with van der Waals surface area (Å²) in [6, 6.07) is 3.93. The Kier molecular flexibility index (Phi) is 3.29. The molecule has 1 heterocycles. The molecule has 4 nitrogen and oxygen atoms in total. The van der Waals surface area contributed by atoms with Gasteiger partial charge in [0.05, 0.1) is 12.1 Å². The summed E-state index contributed by atoms with van der Waals surface area (Å²) >= 11 is 0. The molecule has 0 aromatic carbocycles. The number of aliphatic hydroxyl groups excluding tert-OH is 1. The summed E-state index contributed by atoms with van der Waals surface area (Å²) in [6.07, 6.45) is 4.96. The Labute approximate surface area is 96.1 Å². The van der Waals surface area contributed by atoms with Crippen molar-refractivity contribution in [1.29, 1.82) is 0 Å². The smallest absolute Gasteiger partial charge is 0.127 e. The van der Waals surface area contributed by atoms with E-state index in [9.17, 15) is 5.11 Å². The van der Waals surface area contributed by atoms with E-state index in [1.54, 1.807) is 6.20 Å². The molecule has 0 spiro atoms. The quantitative estimate of drug-likeness (QED) is 0.686. The predicted octanol–water partition coefficient (Wildman–Crippen LogP) is 1.84. The summed E-state index contributed by atoms with van der Waals surface area (Å²) in [5.74, 6) is 0.889. The zero-order valence-electron chi connectivity index (χ0n) is 9.66. The maximum absolute atomic E-state index is 9.23. The number of rotatable bonds is 6. The van der Waals surface area contributed by atoms with Crippen LogP contribution in [-0.2, 0) is 0 Å². The van der Waals surface area contributed by atoms with Crippen LogP contribution in [-0.4, -0.2) is 28.8 Å². The minimum absolute atomic E-state index is 0.0661. The molecule has 0 saturated heterocycles. The van der Waals surface area contributed by atoms with E-state index < -0.39 is 0 Å². The summed E-state index contributed by atoms with van der Waals surface area (Å²) in [6.45, 7) is 3.26. The summed E-state index contributed by atoms with van der Waals surface area (Å²) < 4.78 is 0. The average Bonchev–Trinajstić information content (AvgIpc) is 3.07. The first-order valence-corrected chi connectivity index (χ1v) is 5.87. The molecule has 1 saturated carbocycles. The second kappa shape index (κ2) is 4.70. The van der Waals surface area contributed by atoms with Crippen LogP contribution in [0.25, 0.3) is 0 Å². The highest BCUT2D eigenvalue weighted by molar-refractivity contribution is 5.54. The van der Waals surface area contributed by atoms with Crippen molar-refractivity contribution in [2.45, 2.75) is 31.7 Å². The van der Waals surface area contributed by atoms with Crippen molar-refractivity contribution in [2.75, 3.05) is 23.8 Å². The van der Waals surface area contributed by atoms with Gasteiger partial charge in [-0.1, -0.05) is 6.92 Å². The Bertz CT molecular complexity index is 350. The fraction of sp³-hybridized carbons (Fsp3) is 0.583. The number of hydrogen-bond acceptors (Lipinski definition) is 4. The fourth-order valence-electron chi connectivity index (χ4n) is 1.64. The largest absolute Gasteiger partial charge is 0.394 e. The molecule has 0 bridgehead atoms. The number of aromatic nitrogens is 1.